The summed E-state index contributed by atoms with van der Waals surface area (Å²) in [5, 5.41) is 19.9. The van der Waals surface area contributed by atoms with Gasteiger partial charge in [-0.2, -0.15) is 0 Å². The molecule has 0 saturated carbocycles. The second-order valence-corrected chi connectivity index (χ2v) is 4.95. The van der Waals surface area contributed by atoms with Crippen molar-refractivity contribution in [2.45, 2.75) is 25.9 Å². The van der Waals surface area contributed by atoms with Crippen molar-refractivity contribution in [3.63, 3.8) is 0 Å². The molecular formula is C13H16N2O4. The Balaban J connectivity index is 2.14. The maximum atomic E-state index is 11.2. The molecule has 1 aromatic carbocycles. The van der Waals surface area contributed by atoms with Gasteiger partial charge in [0.2, 0.25) is 0 Å². The fourth-order valence-electron chi connectivity index (χ4n) is 2.61. The maximum Gasteiger partial charge on any atom is 0.321 e. The van der Waals surface area contributed by atoms with Gasteiger partial charge in [-0.3, -0.25) is 19.8 Å². The maximum absolute atomic E-state index is 11.2. The zero-order valence-corrected chi connectivity index (χ0v) is 10.7. The van der Waals surface area contributed by atoms with Crippen molar-refractivity contribution in [3.05, 3.63) is 39.9 Å². The summed E-state index contributed by atoms with van der Waals surface area (Å²) >= 11 is 0. The van der Waals surface area contributed by atoms with E-state index in [1.807, 2.05) is 11.8 Å². The van der Waals surface area contributed by atoms with Gasteiger partial charge in [0.15, 0.2) is 0 Å². The van der Waals surface area contributed by atoms with E-state index in [0.29, 0.717) is 13.1 Å². The van der Waals surface area contributed by atoms with Crippen LogP contribution in [-0.2, 0) is 11.3 Å². The zero-order chi connectivity index (χ0) is 14.0. The van der Waals surface area contributed by atoms with Gasteiger partial charge < -0.3 is 5.11 Å². The number of non-ortho nitro benzene ring substituents is 1. The van der Waals surface area contributed by atoms with Gasteiger partial charge in [-0.05, 0) is 24.4 Å². The minimum absolute atomic E-state index is 0.0385. The highest BCUT2D eigenvalue weighted by Crippen LogP contribution is 2.26. The number of nitrogens with zero attached hydrogens (tertiary/aromatic N) is 2. The fraction of sp³-hybridized carbons (Fsp3) is 0.462. The van der Waals surface area contributed by atoms with Crippen LogP contribution in [0.3, 0.4) is 0 Å². The van der Waals surface area contributed by atoms with Crippen molar-refractivity contribution in [2.24, 2.45) is 5.92 Å². The minimum atomic E-state index is -0.824. The highest BCUT2D eigenvalue weighted by atomic mass is 16.6. The van der Waals surface area contributed by atoms with Crippen molar-refractivity contribution in [2.75, 3.05) is 6.54 Å². The van der Waals surface area contributed by atoms with Crippen LogP contribution in [0.15, 0.2) is 24.3 Å². The van der Waals surface area contributed by atoms with Gasteiger partial charge in [-0.25, -0.2) is 0 Å². The number of aliphatic carboxylic acids is 1. The molecule has 1 fully saturated rings. The predicted octanol–water partition coefficient (Wildman–Crippen LogP) is 1.89. The average molecular weight is 264 g/mol. The molecule has 0 amide bonds. The molecule has 0 aromatic heterocycles. The Morgan fingerprint density at radius 2 is 2.32 bits per heavy atom. The van der Waals surface area contributed by atoms with E-state index in [-0.39, 0.29) is 11.6 Å². The van der Waals surface area contributed by atoms with Gasteiger partial charge in [0, 0.05) is 18.7 Å². The van der Waals surface area contributed by atoms with E-state index in [4.69, 9.17) is 0 Å². The minimum Gasteiger partial charge on any atom is -0.480 e. The summed E-state index contributed by atoms with van der Waals surface area (Å²) in [7, 11) is 0. The SMILES string of the molecule is CC1CCN(Cc2cccc([N+](=O)[O-])c2)C1C(=O)O. The molecule has 1 aromatic rings. The molecule has 2 rings (SSSR count). The van der Waals surface area contributed by atoms with E-state index in [1.165, 1.54) is 12.1 Å². The van der Waals surface area contributed by atoms with E-state index >= 15 is 0 Å². The van der Waals surface area contributed by atoms with Gasteiger partial charge in [0.1, 0.15) is 6.04 Å². The summed E-state index contributed by atoms with van der Waals surface area (Å²) in [6, 6.07) is 5.85. The first-order chi connectivity index (χ1) is 8.99. The van der Waals surface area contributed by atoms with E-state index < -0.39 is 16.9 Å². The average Bonchev–Trinajstić information content (AvgIpc) is 2.70. The number of benzene rings is 1. The van der Waals surface area contributed by atoms with Crippen LogP contribution in [0, 0.1) is 16.0 Å². The van der Waals surface area contributed by atoms with Crippen LogP contribution in [0.4, 0.5) is 5.69 Å². The molecule has 1 N–H and O–H groups in total. The molecule has 1 aliphatic rings. The number of hydrogen-bond acceptors (Lipinski definition) is 4. The fourth-order valence-corrected chi connectivity index (χ4v) is 2.61. The summed E-state index contributed by atoms with van der Waals surface area (Å²) < 4.78 is 0. The van der Waals surface area contributed by atoms with Crippen LogP contribution in [0.1, 0.15) is 18.9 Å². The zero-order valence-electron chi connectivity index (χ0n) is 10.7. The van der Waals surface area contributed by atoms with Crippen molar-refractivity contribution in [3.8, 4) is 0 Å². The van der Waals surface area contributed by atoms with Crippen molar-refractivity contribution < 1.29 is 14.8 Å². The third kappa shape index (κ3) is 2.90. The van der Waals surface area contributed by atoms with Gasteiger partial charge in [0.25, 0.3) is 5.69 Å². The van der Waals surface area contributed by atoms with Crippen molar-refractivity contribution in [1.29, 1.82) is 0 Å². The van der Waals surface area contributed by atoms with Gasteiger partial charge in [0.05, 0.1) is 4.92 Å². The Hall–Kier alpha value is -1.95. The van der Waals surface area contributed by atoms with Crippen LogP contribution in [0.25, 0.3) is 0 Å². The molecule has 19 heavy (non-hydrogen) atoms. The number of carboxylic acids is 1. The van der Waals surface area contributed by atoms with Crippen LogP contribution >= 0.6 is 0 Å². The highest BCUT2D eigenvalue weighted by Gasteiger charge is 2.36. The molecule has 102 valence electrons. The molecule has 0 bridgehead atoms. The second kappa shape index (κ2) is 5.36. The lowest BCUT2D eigenvalue weighted by Crippen LogP contribution is -2.38. The molecule has 0 aliphatic carbocycles. The molecule has 1 heterocycles. The lowest BCUT2D eigenvalue weighted by atomic mass is 10.0. The number of nitro benzene ring substituents is 1. The normalized spacial score (nSPS) is 23.4. The number of nitro groups is 1. The van der Waals surface area contributed by atoms with Crippen LogP contribution in [0.2, 0.25) is 0 Å². The lowest BCUT2D eigenvalue weighted by Gasteiger charge is -2.22. The van der Waals surface area contributed by atoms with Crippen molar-refractivity contribution >= 4 is 11.7 Å². The Kier molecular flexibility index (Phi) is 3.80. The molecule has 0 radical (unpaired) electrons. The van der Waals surface area contributed by atoms with E-state index in [1.54, 1.807) is 12.1 Å². The molecule has 2 atom stereocenters. The number of carbonyl (C=O) groups is 1. The Morgan fingerprint density at radius 1 is 1.58 bits per heavy atom. The summed E-state index contributed by atoms with van der Waals surface area (Å²) in [6.07, 6.45) is 0.839. The van der Waals surface area contributed by atoms with Gasteiger partial charge in [-0.15, -0.1) is 0 Å². The monoisotopic (exact) mass is 264 g/mol. The van der Waals surface area contributed by atoms with Crippen molar-refractivity contribution in [1.82, 2.24) is 4.90 Å². The molecular weight excluding hydrogens is 248 g/mol. The molecule has 0 spiro atoms. The summed E-state index contributed by atoms with van der Waals surface area (Å²) in [6.45, 7) is 3.07. The van der Waals surface area contributed by atoms with Gasteiger partial charge in [-0.1, -0.05) is 19.1 Å². The Bertz CT molecular complexity index is 503. The largest absolute Gasteiger partial charge is 0.480 e. The number of carboxylic acid groups (broad SMARTS) is 1. The van der Waals surface area contributed by atoms with E-state index in [9.17, 15) is 20.0 Å². The molecule has 1 aliphatic heterocycles. The van der Waals surface area contributed by atoms with Crippen LogP contribution in [0.5, 0.6) is 0 Å². The molecule has 6 heteroatoms. The third-order valence-corrected chi connectivity index (χ3v) is 3.56. The smallest absolute Gasteiger partial charge is 0.321 e. The van der Waals surface area contributed by atoms with E-state index in [0.717, 1.165) is 12.0 Å². The van der Waals surface area contributed by atoms with Crippen LogP contribution in [-0.4, -0.2) is 33.5 Å². The number of likely N-dealkylation sites (tertiary alicyclic amines) is 1. The Morgan fingerprint density at radius 3 is 2.95 bits per heavy atom. The number of rotatable bonds is 4. The summed E-state index contributed by atoms with van der Waals surface area (Å²) in [5.41, 5.74) is 0.811. The van der Waals surface area contributed by atoms with Gasteiger partial charge >= 0.3 is 5.97 Å². The number of hydrogen-bond donors (Lipinski definition) is 1. The first kappa shape index (κ1) is 13.5. The van der Waals surface area contributed by atoms with Crippen LogP contribution < -0.4 is 0 Å². The summed E-state index contributed by atoms with van der Waals surface area (Å²) in [4.78, 5) is 23.4. The highest BCUT2D eigenvalue weighted by molar-refractivity contribution is 5.74. The molecule has 2 unspecified atom stereocenters. The van der Waals surface area contributed by atoms with E-state index in [2.05, 4.69) is 0 Å². The lowest BCUT2D eigenvalue weighted by molar-refractivity contribution is -0.384. The Labute approximate surface area is 110 Å². The topological polar surface area (TPSA) is 83.7 Å². The summed E-state index contributed by atoms with van der Waals surface area (Å²) in [5.74, 6) is -0.716. The standard InChI is InChI=1S/C13H16N2O4/c1-9-5-6-14(12(9)13(16)17)8-10-3-2-4-11(7-10)15(18)19/h2-4,7,9,12H,5-6,8H2,1H3,(H,16,17). The second-order valence-electron chi connectivity index (χ2n) is 4.95. The quantitative estimate of drug-likeness (QED) is 0.663. The first-order valence-electron chi connectivity index (χ1n) is 6.19. The molecule has 6 nitrogen and oxygen atoms in total. The molecule has 1 saturated heterocycles. The predicted molar refractivity (Wildman–Crippen MR) is 68.7 cm³/mol. The first-order valence-corrected chi connectivity index (χ1v) is 6.19. The third-order valence-electron chi connectivity index (χ3n) is 3.56.